The Hall–Kier alpha value is -2.93. The number of hydrazone groups is 1. The van der Waals surface area contributed by atoms with Crippen LogP contribution in [0.25, 0.3) is 11.8 Å². The zero-order valence-electron chi connectivity index (χ0n) is 18.6. The molecule has 7 heteroatoms. The number of nitrogens with zero attached hydrogens (tertiary/aromatic N) is 4. The van der Waals surface area contributed by atoms with Gasteiger partial charge in [0.05, 0.1) is 5.57 Å². The van der Waals surface area contributed by atoms with Gasteiger partial charge in [0.25, 0.3) is 5.91 Å². The van der Waals surface area contributed by atoms with Gasteiger partial charge in [-0.15, -0.1) is 0 Å². The average molecular weight is 434 g/mol. The Kier molecular flexibility index (Phi) is 5.71. The second-order valence-corrected chi connectivity index (χ2v) is 9.11. The number of nitrogens with one attached hydrogen (secondary N) is 1. The molecule has 0 fully saturated rings. The Labute approximate surface area is 187 Å². The molecule has 1 amide bonds. The Bertz CT molecular complexity index is 1180. The van der Waals surface area contributed by atoms with Crippen LogP contribution in [0.1, 0.15) is 54.3 Å². The van der Waals surface area contributed by atoms with Crippen molar-refractivity contribution in [2.75, 3.05) is 0 Å². The zero-order chi connectivity index (χ0) is 22.3. The van der Waals surface area contributed by atoms with E-state index in [0.29, 0.717) is 5.17 Å². The third-order valence-corrected chi connectivity index (χ3v) is 6.57. The van der Waals surface area contributed by atoms with E-state index in [-0.39, 0.29) is 17.3 Å². The van der Waals surface area contributed by atoms with Crippen LogP contribution in [0, 0.1) is 33.1 Å². The molecule has 4 rings (SSSR count). The monoisotopic (exact) mass is 433 g/mol. The third-order valence-electron chi connectivity index (χ3n) is 5.60. The summed E-state index contributed by atoms with van der Waals surface area (Å²) in [5.74, 6) is -0.294. The second kappa shape index (κ2) is 8.30. The predicted molar refractivity (Wildman–Crippen MR) is 129 cm³/mol. The maximum absolute atomic E-state index is 12.7. The van der Waals surface area contributed by atoms with Crippen LogP contribution in [0.4, 0.5) is 0 Å². The summed E-state index contributed by atoms with van der Waals surface area (Å²) in [6.45, 7) is 10.4. The van der Waals surface area contributed by atoms with E-state index in [0.717, 1.165) is 46.9 Å². The van der Waals surface area contributed by atoms with Crippen molar-refractivity contribution in [2.45, 2.75) is 53.9 Å². The van der Waals surface area contributed by atoms with Gasteiger partial charge in [-0.1, -0.05) is 31.0 Å². The number of amidine groups is 2. The normalized spacial score (nSPS) is 17.3. The molecule has 1 aromatic carbocycles. The molecular formula is C24H27N5OS. The van der Waals surface area contributed by atoms with Crippen molar-refractivity contribution in [3.05, 3.63) is 57.9 Å². The maximum atomic E-state index is 12.7. The van der Waals surface area contributed by atoms with Gasteiger partial charge in [-0.05, 0) is 81.6 Å². The number of rotatable bonds is 5. The van der Waals surface area contributed by atoms with Crippen LogP contribution in [0.3, 0.4) is 0 Å². The second-order valence-electron chi connectivity index (χ2n) is 8.07. The molecule has 0 radical (unpaired) electrons. The minimum absolute atomic E-state index is 0.0883. The van der Waals surface area contributed by atoms with Crippen molar-refractivity contribution >= 4 is 39.8 Å². The topological polar surface area (TPSA) is 73.8 Å². The van der Waals surface area contributed by atoms with Gasteiger partial charge in [-0.2, -0.15) is 15.1 Å². The molecule has 0 saturated heterocycles. The van der Waals surface area contributed by atoms with Crippen LogP contribution in [0.15, 0.2) is 39.9 Å². The van der Waals surface area contributed by atoms with Crippen LogP contribution in [-0.2, 0) is 4.79 Å². The molecule has 0 saturated carbocycles. The van der Waals surface area contributed by atoms with Gasteiger partial charge in [0, 0.05) is 17.1 Å². The Balaban J connectivity index is 1.71. The van der Waals surface area contributed by atoms with Gasteiger partial charge in [0.1, 0.15) is 5.04 Å². The summed E-state index contributed by atoms with van der Waals surface area (Å²) in [5, 5.41) is 16.0. The van der Waals surface area contributed by atoms with Crippen molar-refractivity contribution in [3.8, 4) is 5.69 Å². The number of thioether (sulfide) groups is 1. The molecule has 31 heavy (non-hydrogen) atoms. The first-order valence-electron chi connectivity index (χ1n) is 10.6. The van der Waals surface area contributed by atoms with Crippen molar-refractivity contribution in [2.24, 2.45) is 10.1 Å². The molecule has 2 aliphatic rings. The number of fused-ring (bicyclic) bond motifs is 1. The summed E-state index contributed by atoms with van der Waals surface area (Å²) in [7, 11) is 0. The number of benzene rings is 1. The number of aliphatic imine (C=N–C) groups is 1. The Morgan fingerprint density at radius 2 is 1.94 bits per heavy atom. The van der Waals surface area contributed by atoms with Crippen molar-refractivity contribution in [3.63, 3.8) is 0 Å². The number of unbranched alkanes of at least 4 members (excludes halogenated alkanes) is 1. The van der Waals surface area contributed by atoms with Gasteiger partial charge in [0.2, 0.25) is 5.17 Å². The molecule has 2 aromatic rings. The van der Waals surface area contributed by atoms with Crippen molar-refractivity contribution < 1.29 is 4.79 Å². The number of carbonyl (C=O) groups is 1. The first-order chi connectivity index (χ1) is 14.8. The minimum atomic E-state index is -0.382. The molecule has 0 atom stereocenters. The molecule has 6 nitrogen and oxygen atoms in total. The van der Waals surface area contributed by atoms with E-state index >= 15 is 0 Å². The molecule has 1 N–H and O–H groups in total. The van der Waals surface area contributed by atoms with Crippen LogP contribution in [-0.4, -0.2) is 31.5 Å². The fourth-order valence-corrected chi connectivity index (χ4v) is 4.90. The van der Waals surface area contributed by atoms with Crippen molar-refractivity contribution in [1.29, 1.82) is 5.41 Å². The van der Waals surface area contributed by atoms with Crippen LogP contribution < -0.4 is 0 Å². The largest absolute Gasteiger partial charge is 0.318 e. The summed E-state index contributed by atoms with van der Waals surface area (Å²) in [6.07, 6.45) is 4.72. The summed E-state index contributed by atoms with van der Waals surface area (Å²) >= 11 is 1.39. The standard InChI is InChI=1S/C24H27N5OS/c1-6-7-8-21-27-29-22(25)19(23(30)26-24(29)31-21)13-18-12-16(4)28(17(18)5)20-10-9-14(2)11-15(20)3/h9-13,25H,6-8H2,1-5H3/b19-13-,25-22?. The lowest BCUT2D eigenvalue weighted by Crippen LogP contribution is -2.35. The van der Waals surface area contributed by atoms with E-state index in [1.807, 2.05) is 6.92 Å². The Morgan fingerprint density at radius 1 is 1.16 bits per heavy atom. The summed E-state index contributed by atoms with van der Waals surface area (Å²) < 4.78 is 2.19. The fraction of sp³-hybridized carbons (Fsp3) is 0.333. The van der Waals surface area contributed by atoms with Crippen LogP contribution >= 0.6 is 11.8 Å². The number of hydrogen-bond donors (Lipinski definition) is 1. The fourth-order valence-electron chi connectivity index (χ4n) is 3.98. The van der Waals surface area contributed by atoms with E-state index in [4.69, 9.17) is 5.41 Å². The summed E-state index contributed by atoms with van der Waals surface area (Å²) in [6, 6.07) is 8.45. The lowest BCUT2D eigenvalue weighted by molar-refractivity contribution is -0.114. The first kappa shape index (κ1) is 21.3. The van der Waals surface area contributed by atoms with E-state index in [1.165, 1.54) is 27.9 Å². The number of aryl methyl sites for hydroxylation is 3. The smallest absolute Gasteiger partial charge is 0.283 e. The highest BCUT2D eigenvalue weighted by Gasteiger charge is 2.35. The number of aromatic nitrogens is 1. The predicted octanol–water partition coefficient (Wildman–Crippen LogP) is 5.52. The molecule has 0 bridgehead atoms. The van der Waals surface area contributed by atoms with E-state index < -0.39 is 0 Å². The van der Waals surface area contributed by atoms with E-state index in [2.05, 4.69) is 66.6 Å². The molecule has 0 unspecified atom stereocenters. The molecule has 0 aliphatic carbocycles. The molecule has 3 heterocycles. The van der Waals surface area contributed by atoms with Gasteiger partial charge >= 0.3 is 0 Å². The molecule has 2 aliphatic heterocycles. The molecule has 160 valence electrons. The van der Waals surface area contributed by atoms with E-state index in [9.17, 15) is 4.79 Å². The average Bonchev–Trinajstić information content (AvgIpc) is 3.24. The van der Waals surface area contributed by atoms with Gasteiger partial charge in [-0.3, -0.25) is 10.2 Å². The highest BCUT2D eigenvalue weighted by Crippen LogP contribution is 2.31. The van der Waals surface area contributed by atoms with Gasteiger partial charge < -0.3 is 4.57 Å². The van der Waals surface area contributed by atoms with Crippen LogP contribution in [0.5, 0.6) is 0 Å². The lowest BCUT2D eigenvalue weighted by atomic mass is 10.1. The molecule has 0 spiro atoms. The summed E-state index contributed by atoms with van der Waals surface area (Å²) in [4.78, 5) is 17.0. The molecular weight excluding hydrogens is 406 g/mol. The summed E-state index contributed by atoms with van der Waals surface area (Å²) in [5.41, 5.74) is 6.82. The van der Waals surface area contributed by atoms with Crippen molar-refractivity contribution in [1.82, 2.24) is 9.58 Å². The highest BCUT2D eigenvalue weighted by molar-refractivity contribution is 8.26. The van der Waals surface area contributed by atoms with E-state index in [1.54, 1.807) is 6.08 Å². The number of hydrogen-bond acceptors (Lipinski definition) is 4. The zero-order valence-corrected chi connectivity index (χ0v) is 19.4. The first-order valence-corrected chi connectivity index (χ1v) is 11.4. The van der Waals surface area contributed by atoms with Crippen LogP contribution in [0.2, 0.25) is 0 Å². The number of carbonyl (C=O) groups excluding carboxylic acids is 1. The van der Waals surface area contributed by atoms with Gasteiger partial charge in [-0.25, -0.2) is 0 Å². The SMILES string of the molecule is CCCCC1=NN2C(=N)/C(=C/c3cc(C)n(-c4ccc(C)cc4C)c3C)C(=O)N=C2S1. The Morgan fingerprint density at radius 3 is 2.65 bits per heavy atom. The highest BCUT2D eigenvalue weighted by atomic mass is 32.2. The lowest BCUT2D eigenvalue weighted by Gasteiger charge is -2.20. The maximum Gasteiger partial charge on any atom is 0.283 e. The quantitative estimate of drug-likeness (QED) is 0.631. The third kappa shape index (κ3) is 3.90. The minimum Gasteiger partial charge on any atom is -0.318 e. The molecule has 1 aromatic heterocycles. The number of amides is 1. The van der Waals surface area contributed by atoms with Gasteiger partial charge in [0.15, 0.2) is 5.84 Å².